The first-order chi connectivity index (χ1) is 14.9. The molecule has 6 heteroatoms. The zero-order valence-corrected chi connectivity index (χ0v) is 20.0. The number of aliphatic hydroxyl groups excluding tert-OH is 1. The van der Waals surface area contributed by atoms with Gasteiger partial charge in [0.25, 0.3) is 11.7 Å². The van der Waals surface area contributed by atoms with Gasteiger partial charge >= 0.3 is 0 Å². The molecule has 0 bridgehead atoms. The normalized spacial score (nSPS) is 18.8. The lowest BCUT2D eigenvalue weighted by Gasteiger charge is -2.24. The number of nitrogens with zero attached hydrogens (tertiary/aromatic N) is 1. The van der Waals surface area contributed by atoms with Crippen LogP contribution in [0.5, 0.6) is 0 Å². The van der Waals surface area contributed by atoms with Crippen molar-refractivity contribution in [2.75, 3.05) is 13.2 Å². The first-order valence-electron chi connectivity index (χ1n) is 11.0. The van der Waals surface area contributed by atoms with Gasteiger partial charge in [-0.05, 0) is 62.4 Å². The number of furan rings is 1. The molecule has 1 amide bonds. The molecule has 32 heavy (non-hydrogen) atoms. The molecule has 172 valence electrons. The van der Waals surface area contributed by atoms with Crippen LogP contribution in [-0.2, 0) is 19.7 Å². The van der Waals surface area contributed by atoms with E-state index in [0.29, 0.717) is 17.1 Å². The SMILES string of the molecule is Cc1ccc(C2/C(=C(\O)c3cc(C(C)(C)C)ccc3C)C(=O)C(=O)N2CCOC(C)C)o1. The van der Waals surface area contributed by atoms with Crippen LogP contribution >= 0.6 is 0 Å². The molecule has 1 aromatic heterocycles. The van der Waals surface area contributed by atoms with Gasteiger partial charge in [-0.15, -0.1) is 0 Å². The summed E-state index contributed by atoms with van der Waals surface area (Å²) in [5.41, 5.74) is 2.29. The van der Waals surface area contributed by atoms with Crippen molar-refractivity contribution in [3.05, 3.63) is 64.1 Å². The van der Waals surface area contributed by atoms with Crippen LogP contribution in [0.4, 0.5) is 0 Å². The standard InChI is InChI=1S/C26H33NO5/c1-15(2)31-13-12-27-22(20-11-9-17(4)32-20)21(24(29)25(27)30)23(28)19-14-18(26(5,6)7)10-8-16(19)3/h8-11,14-15,22,28H,12-13H2,1-7H3/b23-21+. The van der Waals surface area contributed by atoms with Crippen molar-refractivity contribution in [1.29, 1.82) is 0 Å². The Morgan fingerprint density at radius 2 is 1.84 bits per heavy atom. The Hall–Kier alpha value is -2.86. The van der Waals surface area contributed by atoms with E-state index in [1.165, 1.54) is 4.90 Å². The number of carbonyl (C=O) groups is 2. The number of hydrogen-bond donors (Lipinski definition) is 1. The molecule has 1 unspecified atom stereocenters. The molecule has 0 radical (unpaired) electrons. The van der Waals surface area contributed by atoms with Crippen molar-refractivity contribution in [3.8, 4) is 0 Å². The van der Waals surface area contributed by atoms with Gasteiger partial charge in [0.15, 0.2) is 0 Å². The van der Waals surface area contributed by atoms with E-state index in [2.05, 4.69) is 20.8 Å². The summed E-state index contributed by atoms with van der Waals surface area (Å²) >= 11 is 0. The molecule has 1 aromatic carbocycles. The van der Waals surface area contributed by atoms with E-state index in [4.69, 9.17) is 9.15 Å². The van der Waals surface area contributed by atoms with Gasteiger partial charge in [-0.2, -0.15) is 0 Å². The molecule has 2 aromatic rings. The van der Waals surface area contributed by atoms with Crippen LogP contribution in [0.25, 0.3) is 5.76 Å². The number of benzene rings is 1. The van der Waals surface area contributed by atoms with Crippen LogP contribution in [-0.4, -0.2) is 41.0 Å². The second-order valence-electron chi connectivity index (χ2n) is 9.64. The van der Waals surface area contributed by atoms with Gasteiger partial charge in [0.2, 0.25) is 0 Å². The predicted molar refractivity (Wildman–Crippen MR) is 123 cm³/mol. The molecule has 3 rings (SSSR count). The highest BCUT2D eigenvalue weighted by Gasteiger charge is 2.47. The maximum Gasteiger partial charge on any atom is 0.295 e. The van der Waals surface area contributed by atoms with Gasteiger partial charge < -0.3 is 19.2 Å². The topological polar surface area (TPSA) is 80.0 Å². The summed E-state index contributed by atoms with van der Waals surface area (Å²) in [4.78, 5) is 27.5. The largest absolute Gasteiger partial charge is 0.507 e. The number of likely N-dealkylation sites (tertiary alicyclic amines) is 1. The summed E-state index contributed by atoms with van der Waals surface area (Å²) in [5.74, 6) is -0.458. The fraction of sp³-hybridized carbons (Fsp3) is 0.462. The molecule has 0 saturated carbocycles. The highest BCUT2D eigenvalue weighted by Crippen LogP contribution is 2.40. The van der Waals surface area contributed by atoms with Gasteiger partial charge in [0.05, 0.1) is 18.3 Å². The Morgan fingerprint density at radius 1 is 1.16 bits per heavy atom. The van der Waals surface area contributed by atoms with E-state index in [9.17, 15) is 14.7 Å². The van der Waals surface area contributed by atoms with Crippen molar-refractivity contribution in [2.24, 2.45) is 0 Å². The average molecular weight is 440 g/mol. The molecule has 1 aliphatic heterocycles. The fourth-order valence-electron chi connectivity index (χ4n) is 3.88. The Kier molecular flexibility index (Phi) is 6.65. The molecule has 2 heterocycles. The summed E-state index contributed by atoms with van der Waals surface area (Å²) in [6.45, 7) is 14.2. The number of rotatable bonds is 6. The first-order valence-corrected chi connectivity index (χ1v) is 11.0. The first kappa shape index (κ1) is 23.8. The third-order valence-corrected chi connectivity index (χ3v) is 5.71. The zero-order chi connectivity index (χ0) is 23.8. The number of aliphatic hydroxyl groups is 1. The van der Waals surface area contributed by atoms with Gasteiger partial charge in [-0.3, -0.25) is 9.59 Å². The Balaban J connectivity index is 2.15. The number of carbonyl (C=O) groups excluding carboxylic acids is 2. The number of ketones is 1. The monoisotopic (exact) mass is 439 g/mol. The van der Waals surface area contributed by atoms with Crippen LogP contribution in [0, 0.1) is 13.8 Å². The smallest absolute Gasteiger partial charge is 0.295 e. The van der Waals surface area contributed by atoms with E-state index >= 15 is 0 Å². The maximum absolute atomic E-state index is 13.1. The summed E-state index contributed by atoms with van der Waals surface area (Å²) in [7, 11) is 0. The van der Waals surface area contributed by atoms with E-state index in [1.807, 2.05) is 39.0 Å². The van der Waals surface area contributed by atoms with Gasteiger partial charge in [0.1, 0.15) is 23.3 Å². The Morgan fingerprint density at radius 3 is 2.41 bits per heavy atom. The lowest BCUT2D eigenvalue weighted by Crippen LogP contribution is -2.33. The van der Waals surface area contributed by atoms with E-state index in [-0.39, 0.29) is 36.0 Å². The molecule has 1 atom stereocenters. The zero-order valence-electron chi connectivity index (χ0n) is 20.0. The number of amides is 1. The molecule has 1 aliphatic rings. The third kappa shape index (κ3) is 4.65. The molecular weight excluding hydrogens is 406 g/mol. The molecule has 1 N–H and O–H groups in total. The number of aryl methyl sites for hydroxylation is 2. The van der Waals surface area contributed by atoms with Crippen molar-refractivity contribution in [2.45, 2.75) is 66.0 Å². The number of Topliss-reactive ketones (excluding diaryl/α,β-unsaturated/α-hetero) is 1. The minimum absolute atomic E-state index is 0.00100. The average Bonchev–Trinajstić information content (AvgIpc) is 3.23. The molecule has 6 nitrogen and oxygen atoms in total. The summed E-state index contributed by atoms with van der Waals surface area (Å²) in [5, 5.41) is 11.4. The van der Waals surface area contributed by atoms with Crippen molar-refractivity contribution in [3.63, 3.8) is 0 Å². The lowest BCUT2D eigenvalue weighted by molar-refractivity contribution is -0.140. The van der Waals surface area contributed by atoms with Crippen LogP contribution in [0.3, 0.4) is 0 Å². The van der Waals surface area contributed by atoms with Crippen molar-refractivity contribution in [1.82, 2.24) is 4.90 Å². The van der Waals surface area contributed by atoms with Crippen LogP contribution in [0.15, 0.2) is 40.3 Å². The predicted octanol–water partition coefficient (Wildman–Crippen LogP) is 5.04. The molecule has 1 saturated heterocycles. The van der Waals surface area contributed by atoms with Crippen molar-refractivity contribution < 1.29 is 23.8 Å². The van der Waals surface area contributed by atoms with Crippen LogP contribution in [0.1, 0.15) is 68.9 Å². The second-order valence-corrected chi connectivity index (χ2v) is 9.64. The third-order valence-electron chi connectivity index (χ3n) is 5.71. The van der Waals surface area contributed by atoms with Crippen molar-refractivity contribution >= 4 is 17.4 Å². The minimum Gasteiger partial charge on any atom is -0.507 e. The fourth-order valence-corrected chi connectivity index (χ4v) is 3.88. The summed E-state index contributed by atoms with van der Waals surface area (Å²) < 4.78 is 11.4. The van der Waals surface area contributed by atoms with E-state index < -0.39 is 17.7 Å². The molecular formula is C26H33NO5. The van der Waals surface area contributed by atoms with Gasteiger partial charge in [-0.1, -0.05) is 32.9 Å². The molecule has 0 spiro atoms. The van der Waals surface area contributed by atoms with Gasteiger partial charge in [-0.25, -0.2) is 0 Å². The van der Waals surface area contributed by atoms with Crippen LogP contribution < -0.4 is 0 Å². The number of ether oxygens (including phenoxy) is 1. The lowest BCUT2D eigenvalue weighted by atomic mass is 9.84. The highest BCUT2D eigenvalue weighted by atomic mass is 16.5. The summed E-state index contributed by atoms with van der Waals surface area (Å²) in [6.07, 6.45) is -0.00100. The minimum atomic E-state index is -0.808. The summed E-state index contributed by atoms with van der Waals surface area (Å²) in [6, 6.07) is 8.55. The maximum atomic E-state index is 13.1. The van der Waals surface area contributed by atoms with Gasteiger partial charge in [0, 0.05) is 12.1 Å². The van der Waals surface area contributed by atoms with E-state index in [1.54, 1.807) is 19.1 Å². The highest BCUT2D eigenvalue weighted by molar-refractivity contribution is 6.46. The Labute approximate surface area is 189 Å². The van der Waals surface area contributed by atoms with E-state index in [0.717, 1.165) is 11.1 Å². The van der Waals surface area contributed by atoms with Crippen LogP contribution in [0.2, 0.25) is 0 Å². The second kappa shape index (κ2) is 8.94. The number of hydrogen-bond acceptors (Lipinski definition) is 5. The Bertz CT molecular complexity index is 1050. The quantitative estimate of drug-likeness (QED) is 0.387. The molecule has 0 aliphatic carbocycles. The molecule has 1 fully saturated rings.